The van der Waals surface area contributed by atoms with Crippen molar-refractivity contribution in [2.24, 2.45) is 0 Å². The summed E-state index contributed by atoms with van der Waals surface area (Å²) in [5.74, 6) is 1.53. The van der Waals surface area contributed by atoms with Gasteiger partial charge in [-0.05, 0) is 152 Å². The first-order chi connectivity index (χ1) is 60.3. The van der Waals surface area contributed by atoms with Crippen LogP contribution >= 0.6 is 0 Å². The lowest BCUT2D eigenvalue weighted by Gasteiger charge is -2.22. The van der Waals surface area contributed by atoms with Gasteiger partial charge >= 0.3 is 0 Å². The molecule has 0 bridgehead atoms. The first kappa shape index (κ1) is 67.0. The van der Waals surface area contributed by atoms with Crippen molar-refractivity contribution in [3.05, 3.63) is 393 Å². The van der Waals surface area contributed by atoms with E-state index in [1.54, 1.807) is 0 Å². The van der Waals surface area contributed by atoms with Crippen molar-refractivity contribution in [3.63, 3.8) is 0 Å². The van der Waals surface area contributed by atoms with E-state index in [1.807, 2.05) is 0 Å². The van der Waals surface area contributed by atoms with E-state index in [9.17, 15) is 0 Å². The first-order valence-corrected chi connectivity index (χ1v) is 42.0. The summed E-state index contributed by atoms with van der Waals surface area (Å²) < 4.78 is 12.4. The number of aromatic nitrogens is 9. The third kappa shape index (κ3) is 9.14. The third-order valence-corrected chi connectivity index (χ3v) is 26.7. The Morgan fingerprint density at radius 2 is 0.639 bits per heavy atom. The molecule has 7 heterocycles. The van der Waals surface area contributed by atoms with Crippen LogP contribution in [0.3, 0.4) is 0 Å². The summed E-state index contributed by atoms with van der Waals surface area (Å²) in [4.78, 5) is 23.4. The molecule has 0 atom stereocenters. The second-order valence-corrected chi connectivity index (χ2v) is 33.4. The molecule has 566 valence electrons. The molecule has 19 aromatic carbocycles. The molecular weight excluding hydrogens is 1480 g/mol. The van der Waals surface area contributed by atoms with E-state index < -0.39 is 5.41 Å². The van der Waals surface area contributed by atoms with E-state index in [0.717, 1.165) is 193 Å². The number of para-hydroxylation sites is 10. The Morgan fingerprint density at radius 1 is 0.221 bits per heavy atom. The molecular formula is C113H69N9. The molecule has 122 heavy (non-hydrogen) atoms. The minimum Gasteiger partial charge on any atom is -0.309 e. The van der Waals surface area contributed by atoms with Gasteiger partial charge in [0, 0.05) is 97.6 Å². The number of hydrogen-bond donors (Lipinski definition) is 0. The molecule has 0 amide bonds. The molecule has 0 saturated heterocycles. The molecule has 0 N–H and O–H groups in total. The van der Waals surface area contributed by atoms with Gasteiger partial charge in [0.1, 0.15) is 11.4 Å². The van der Waals surface area contributed by atoms with Crippen molar-refractivity contribution in [2.75, 3.05) is 0 Å². The maximum atomic E-state index is 5.88. The molecule has 7 aromatic heterocycles. The largest absolute Gasteiger partial charge is 0.309 e. The number of nitrogens with zero attached hydrogens (tertiary/aromatic N) is 9. The Balaban J connectivity index is 0.679. The highest BCUT2D eigenvalue weighted by molar-refractivity contribution is 6.30. The fourth-order valence-electron chi connectivity index (χ4n) is 21.6. The van der Waals surface area contributed by atoms with E-state index in [4.69, 9.17) is 19.9 Å². The van der Waals surface area contributed by atoms with E-state index in [1.165, 1.54) is 65.5 Å². The summed E-state index contributed by atoms with van der Waals surface area (Å²) in [5.41, 5.74) is 28.0. The average Bonchev–Trinajstić information content (AvgIpc) is 1.53. The predicted molar refractivity (Wildman–Crippen MR) is 508 cm³/mol. The van der Waals surface area contributed by atoms with Crippen molar-refractivity contribution >= 4 is 174 Å². The van der Waals surface area contributed by atoms with Crippen LogP contribution in [0.1, 0.15) is 25.0 Å². The highest BCUT2D eigenvalue weighted by Crippen LogP contribution is 2.57. The Bertz CT molecular complexity index is 9140. The minimum absolute atomic E-state index is 0.455. The summed E-state index contributed by atoms with van der Waals surface area (Å²) in [6, 6.07) is 141. The molecule has 1 aliphatic rings. The quantitative estimate of drug-likeness (QED) is 0.152. The van der Waals surface area contributed by atoms with Crippen LogP contribution in [0.25, 0.3) is 248 Å². The molecule has 0 unspecified atom stereocenters. The SMILES string of the molecule is CC1(C)c2cc(-c3cc4ccccc4c4c3c3ccccc3n4-c3c4ccccc4cc4c3c3ccccc3n4-c3nc4ccccc4nc3-c3cccc4c3c3ccccc3n4-c3ccccc3)ccc2-c2c(-c3nc4ccccc4nc3-n3c4ccccc4c4c(-n5c6ccccc6c6ccc7ccccc7c65)c5ccccc5cc43)cccc21. The van der Waals surface area contributed by atoms with E-state index >= 15 is 0 Å². The van der Waals surface area contributed by atoms with Gasteiger partial charge < -0.3 is 13.7 Å². The second-order valence-electron chi connectivity index (χ2n) is 33.4. The topological polar surface area (TPSA) is 76.2 Å². The maximum Gasteiger partial charge on any atom is 0.165 e. The Morgan fingerprint density at radius 3 is 1.23 bits per heavy atom. The van der Waals surface area contributed by atoms with Crippen molar-refractivity contribution in [2.45, 2.75) is 19.3 Å². The van der Waals surface area contributed by atoms with Gasteiger partial charge in [-0.3, -0.25) is 9.13 Å². The standard InChI is InChI=1S/C113H69N9/c1-113(2)86-47-28-45-83(105-111(116-90-50-21-19-48-88(90)114-105)119-94-54-25-17-43-81(94)103-98(119)64-68-32-8-12-38-74(68)109(103)121-92-52-23-14-40-76(92)77-60-58-66-30-6-10-36-72(66)107(77)121)100(86)78-61-59-70(63-87(78)113)85-62-67-31-7-11-37-73(67)108-102(85)80-42-16-27-56-96(80)122(108)110-75-39-13-9-33-69(75)65-99-104(110)82-44-18-26-55-95(82)120(99)112-106(115-89-49-20-22-51-91(89)117-112)84-46-29-57-97-101(84)79-41-15-24-53-93(79)118(97)71-34-4-3-5-35-71/h3-65H,1-2H3. The lowest BCUT2D eigenvalue weighted by atomic mass is 9.81. The Labute approximate surface area is 698 Å². The van der Waals surface area contributed by atoms with Crippen LogP contribution in [0.15, 0.2) is 382 Å². The number of rotatable bonds is 8. The fraction of sp³-hybridized carbons (Fsp3) is 0.0265. The zero-order chi connectivity index (χ0) is 79.9. The Kier molecular flexibility index (Phi) is 13.7. The lowest BCUT2D eigenvalue weighted by Crippen LogP contribution is -2.15. The van der Waals surface area contributed by atoms with Gasteiger partial charge in [0.15, 0.2) is 11.6 Å². The maximum absolute atomic E-state index is 5.88. The molecule has 27 rings (SSSR count). The van der Waals surface area contributed by atoms with Crippen molar-refractivity contribution in [3.8, 4) is 73.5 Å². The molecule has 0 fully saturated rings. The van der Waals surface area contributed by atoms with Crippen LogP contribution in [-0.4, -0.2) is 42.8 Å². The molecule has 0 radical (unpaired) electrons. The van der Waals surface area contributed by atoms with Crippen LogP contribution in [0, 0.1) is 0 Å². The van der Waals surface area contributed by atoms with Gasteiger partial charge in [0.25, 0.3) is 0 Å². The average molecular weight is 1550 g/mol. The normalized spacial score (nSPS) is 12.9. The minimum atomic E-state index is -0.455. The highest BCUT2D eigenvalue weighted by atomic mass is 15.1. The second kappa shape index (κ2) is 25.0. The van der Waals surface area contributed by atoms with Crippen LogP contribution in [0.2, 0.25) is 0 Å². The molecule has 1 aliphatic carbocycles. The molecule has 0 spiro atoms. The smallest absolute Gasteiger partial charge is 0.165 e. The Hall–Kier alpha value is -16.1. The van der Waals surface area contributed by atoms with Crippen molar-refractivity contribution in [1.82, 2.24) is 42.8 Å². The van der Waals surface area contributed by atoms with Crippen molar-refractivity contribution in [1.29, 1.82) is 0 Å². The molecule has 26 aromatic rings. The fourth-order valence-corrected chi connectivity index (χ4v) is 21.6. The molecule has 0 saturated carbocycles. The first-order valence-electron chi connectivity index (χ1n) is 42.0. The summed E-state index contributed by atoms with van der Waals surface area (Å²) in [6.07, 6.45) is 0. The monoisotopic (exact) mass is 1550 g/mol. The summed E-state index contributed by atoms with van der Waals surface area (Å²) in [6.45, 7) is 4.83. The number of benzene rings is 19. The lowest BCUT2D eigenvalue weighted by molar-refractivity contribution is 0.660. The summed E-state index contributed by atoms with van der Waals surface area (Å²) >= 11 is 0. The highest BCUT2D eigenvalue weighted by Gasteiger charge is 2.39. The van der Waals surface area contributed by atoms with E-state index in [-0.39, 0.29) is 0 Å². The van der Waals surface area contributed by atoms with E-state index in [2.05, 4.69) is 419 Å². The predicted octanol–water partition coefficient (Wildman–Crippen LogP) is 29.0. The van der Waals surface area contributed by atoms with Crippen LogP contribution in [0.5, 0.6) is 0 Å². The molecule has 0 aliphatic heterocycles. The van der Waals surface area contributed by atoms with Crippen LogP contribution < -0.4 is 0 Å². The van der Waals surface area contributed by atoms with Gasteiger partial charge in [-0.25, -0.2) is 19.9 Å². The zero-order valence-corrected chi connectivity index (χ0v) is 66.4. The number of fused-ring (bicyclic) bond motifs is 26. The van der Waals surface area contributed by atoms with Gasteiger partial charge in [0.2, 0.25) is 0 Å². The van der Waals surface area contributed by atoms with Gasteiger partial charge in [-0.2, -0.15) is 0 Å². The third-order valence-electron chi connectivity index (χ3n) is 26.7. The van der Waals surface area contributed by atoms with Crippen LogP contribution in [0.4, 0.5) is 0 Å². The van der Waals surface area contributed by atoms with Crippen molar-refractivity contribution < 1.29 is 0 Å². The van der Waals surface area contributed by atoms with Gasteiger partial charge in [0.05, 0.1) is 88.6 Å². The number of hydrogen-bond acceptors (Lipinski definition) is 4. The molecule has 9 nitrogen and oxygen atoms in total. The van der Waals surface area contributed by atoms with E-state index in [0.29, 0.717) is 0 Å². The van der Waals surface area contributed by atoms with Crippen LogP contribution in [-0.2, 0) is 5.41 Å². The molecule has 9 heteroatoms. The van der Waals surface area contributed by atoms with Gasteiger partial charge in [-0.1, -0.05) is 299 Å². The summed E-state index contributed by atoms with van der Waals surface area (Å²) in [5, 5.41) is 20.8. The van der Waals surface area contributed by atoms with Gasteiger partial charge in [-0.15, -0.1) is 0 Å². The zero-order valence-electron chi connectivity index (χ0n) is 66.4. The summed E-state index contributed by atoms with van der Waals surface area (Å²) in [7, 11) is 0.